The van der Waals surface area contributed by atoms with Gasteiger partial charge in [0.1, 0.15) is 6.10 Å². The lowest BCUT2D eigenvalue weighted by molar-refractivity contribution is -0.133. The van der Waals surface area contributed by atoms with E-state index < -0.39 is 52.3 Å². The summed E-state index contributed by atoms with van der Waals surface area (Å²) in [4.78, 5) is 23.6. The highest BCUT2D eigenvalue weighted by atomic mass is 16.4. The van der Waals surface area contributed by atoms with E-state index in [2.05, 4.69) is 0 Å². The molecule has 2 rings (SSSR count). The van der Waals surface area contributed by atoms with E-state index in [0.29, 0.717) is 0 Å². The van der Waals surface area contributed by atoms with Crippen LogP contribution in [0.3, 0.4) is 0 Å². The standard InChI is InChI=1S/C19H18O8/c1-9(20)18(25)17(11-3-5-14(22)16(24)8-11)12(19(26)27)6-10-2-4-13(21)15(23)7-10/h2-8,17-18,21-25H,1H3,(H,26,27)/b12-6-. The van der Waals surface area contributed by atoms with Crippen LogP contribution in [-0.2, 0) is 9.59 Å². The third-order valence-corrected chi connectivity index (χ3v) is 3.99. The van der Waals surface area contributed by atoms with Crippen LogP contribution in [0, 0.1) is 0 Å². The minimum Gasteiger partial charge on any atom is -0.504 e. The summed E-state index contributed by atoms with van der Waals surface area (Å²) in [5.74, 6) is -5.36. The Hall–Kier alpha value is -3.52. The van der Waals surface area contributed by atoms with Gasteiger partial charge >= 0.3 is 5.97 Å². The average Bonchev–Trinajstić information content (AvgIpc) is 2.60. The third-order valence-electron chi connectivity index (χ3n) is 3.99. The SMILES string of the molecule is CC(=O)C(O)C(/C(=C/c1ccc(O)c(O)c1)C(=O)O)c1ccc(O)c(O)c1. The number of aliphatic hydroxyl groups is 1. The number of hydrogen-bond donors (Lipinski definition) is 6. The number of Topliss-reactive ketones (excluding diaryl/α,β-unsaturated/α-hetero) is 1. The van der Waals surface area contributed by atoms with Crippen molar-refractivity contribution in [2.45, 2.75) is 18.9 Å². The van der Waals surface area contributed by atoms with E-state index >= 15 is 0 Å². The first-order chi connectivity index (χ1) is 12.6. The zero-order chi connectivity index (χ0) is 20.3. The zero-order valence-electron chi connectivity index (χ0n) is 14.2. The molecular formula is C19H18O8. The monoisotopic (exact) mass is 374 g/mol. The summed E-state index contributed by atoms with van der Waals surface area (Å²) in [5.41, 5.74) is -0.107. The number of hydrogen-bond acceptors (Lipinski definition) is 7. The molecule has 2 unspecified atom stereocenters. The number of ketones is 1. The van der Waals surface area contributed by atoms with Gasteiger partial charge in [-0.25, -0.2) is 4.79 Å². The van der Waals surface area contributed by atoms with Crippen LogP contribution in [0.5, 0.6) is 23.0 Å². The molecule has 6 N–H and O–H groups in total. The molecule has 0 fully saturated rings. The maximum atomic E-state index is 11.8. The predicted molar refractivity (Wildman–Crippen MR) is 94.6 cm³/mol. The topological polar surface area (TPSA) is 156 Å². The highest BCUT2D eigenvalue weighted by Crippen LogP contribution is 2.36. The second-order valence-electron chi connectivity index (χ2n) is 5.93. The number of carboxylic acid groups (broad SMARTS) is 1. The Bertz CT molecular complexity index is 916. The fourth-order valence-electron chi connectivity index (χ4n) is 2.59. The van der Waals surface area contributed by atoms with Crippen LogP contribution in [-0.4, -0.2) is 48.5 Å². The molecule has 2 aromatic rings. The number of carboxylic acids is 1. The minimum atomic E-state index is -1.73. The minimum absolute atomic E-state index is 0.0876. The van der Waals surface area contributed by atoms with Crippen molar-refractivity contribution in [1.29, 1.82) is 0 Å². The molecular weight excluding hydrogens is 356 g/mol. The van der Waals surface area contributed by atoms with Crippen LogP contribution >= 0.6 is 0 Å². The van der Waals surface area contributed by atoms with Gasteiger partial charge in [0.2, 0.25) is 0 Å². The summed E-state index contributed by atoms with van der Waals surface area (Å²) in [5, 5.41) is 58.0. The summed E-state index contributed by atoms with van der Waals surface area (Å²) in [6, 6.07) is 7.04. The smallest absolute Gasteiger partial charge is 0.332 e. The van der Waals surface area contributed by atoms with Crippen molar-refractivity contribution in [3.63, 3.8) is 0 Å². The maximum absolute atomic E-state index is 11.8. The molecule has 0 spiro atoms. The highest BCUT2D eigenvalue weighted by molar-refractivity contribution is 5.96. The van der Waals surface area contributed by atoms with E-state index in [9.17, 15) is 40.2 Å². The zero-order valence-corrected chi connectivity index (χ0v) is 14.2. The molecule has 0 saturated carbocycles. The highest BCUT2D eigenvalue weighted by Gasteiger charge is 2.32. The van der Waals surface area contributed by atoms with Gasteiger partial charge in [-0.3, -0.25) is 4.79 Å². The lowest BCUT2D eigenvalue weighted by Crippen LogP contribution is -2.29. The Kier molecular flexibility index (Phi) is 5.72. The lowest BCUT2D eigenvalue weighted by atomic mass is 9.83. The van der Waals surface area contributed by atoms with E-state index in [1.165, 1.54) is 12.1 Å². The van der Waals surface area contributed by atoms with Crippen LogP contribution < -0.4 is 0 Å². The van der Waals surface area contributed by atoms with Gasteiger partial charge in [-0.05, 0) is 48.4 Å². The summed E-state index contributed by atoms with van der Waals surface area (Å²) in [6.07, 6.45) is -0.607. The molecule has 8 heteroatoms. The molecule has 0 aromatic heterocycles. The quantitative estimate of drug-likeness (QED) is 0.330. The lowest BCUT2D eigenvalue weighted by Gasteiger charge is -2.23. The van der Waals surface area contributed by atoms with Gasteiger partial charge in [0, 0.05) is 11.5 Å². The van der Waals surface area contributed by atoms with Gasteiger partial charge in [-0.1, -0.05) is 12.1 Å². The fraction of sp³-hybridized carbons (Fsp3) is 0.158. The first-order valence-corrected chi connectivity index (χ1v) is 7.79. The number of aliphatic carboxylic acids is 1. The molecule has 142 valence electrons. The van der Waals surface area contributed by atoms with Crippen LogP contribution in [0.15, 0.2) is 42.0 Å². The predicted octanol–water partition coefficient (Wildman–Crippen LogP) is 1.71. The van der Waals surface area contributed by atoms with E-state index in [1.807, 2.05) is 0 Å². The maximum Gasteiger partial charge on any atom is 0.332 e. The third kappa shape index (κ3) is 4.36. The molecule has 2 aromatic carbocycles. The molecule has 0 radical (unpaired) electrons. The number of phenols is 4. The summed E-state index contributed by atoms with van der Waals surface area (Å²) >= 11 is 0. The summed E-state index contributed by atoms with van der Waals surface area (Å²) < 4.78 is 0. The number of phenolic OH excluding ortho intramolecular Hbond substituents is 4. The van der Waals surface area contributed by atoms with E-state index in [1.54, 1.807) is 0 Å². The summed E-state index contributed by atoms with van der Waals surface area (Å²) in [7, 11) is 0. The largest absolute Gasteiger partial charge is 0.504 e. The Morgan fingerprint density at radius 1 is 0.889 bits per heavy atom. The van der Waals surface area contributed by atoms with Crippen LogP contribution in [0.1, 0.15) is 24.0 Å². The van der Waals surface area contributed by atoms with Gasteiger partial charge in [0.05, 0.1) is 0 Å². The molecule has 0 heterocycles. The molecule has 0 aliphatic rings. The summed E-state index contributed by atoms with van der Waals surface area (Å²) in [6.45, 7) is 1.09. The van der Waals surface area contributed by atoms with Crippen molar-refractivity contribution in [1.82, 2.24) is 0 Å². The van der Waals surface area contributed by atoms with E-state index in [4.69, 9.17) is 0 Å². The average molecular weight is 374 g/mol. The van der Waals surface area contributed by atoms with Crippen molar-refractivity contribution in [3.8, 4) is 23.0 Å². The number of benzene rings is 2. The van der Waals surface area contributed by atoms with Gasteiger partial charge in [0.15, 0.2) is 28.8 Å². The molecule has 0 aliphatic carbocycles. The Balaban J connectivity index is 2.65. The molecule has 0 bridgehead atoms. The molecule has 0 saturated heterocycles. The molecule has 2 atom stereocenters. The first-order valence-electron chi connectivity index (χ1n) is 7.79. The van der Waals surface area contributed by atoms with Crippen molar-refractivity contribution in [3.05, 3.63) is 53.1 Å². The number of carbonyl (C=O) groups excluding carboxylic acids is 1. The Morgan fingerprint density at radius 2 is 1.44 bits per heavy atom. The normalized spacial score (nSPS) is 13.8. The van der Waals surface area contributed by atoms with Crippen molar-refractivity contribution < 1.29 is 40.2 Å². The van der Waals surface area contributed by atoms with Gasteiger partial charge in [-0.2, -0.15) is 0 Å². The van der Waals surface area contributed by atoms with Crippen LogP contribution in [0.2, 0.25) is 0 Å². The van der Waals surface area contributed by atoms with Crippen molar-refractivity contribution in [2.75, 3.05) is 0 Å². The van der Waals surface area contributed by atoms with Crippen LogP contribution in [0.25, 0.3) is 6.08 Å². The molecule has 0 aliphatic heterocycles. The second kappa shape index (κ2) is 7.79. The van der Waals surface area contributed by atoms with Gasteiger partial charge in [0.25, 0.3) is 0 Å². The first kappa shape index (κ1) is 19.8. The number of aliphatic hydroxyl groups excluding tert-OH is 1. The number of carbonyl (C=O) groups is 2. The number of aromatic hydroxyl groups is 4. The van der Waals surface area contributed by atoms with Gasteiger partial charge < -0.3 is 30.6 Å². The van der Waals surface area contributed by atoms with Crippen molar-refractivity contribution in [2.24, 2.45) is 0 Å². The van der Waals surface area contributed by atoms with E-state index in [0.717, 1.165) is 37.3 Å². The molecule has 8 nitrogen and oxygen atoms in total. The Morgan fingerprint density at radius 3 is 1.93 bits per heavy atom. The molecule has 27 heavy (non-hydrogen) atoms. The second-order valence-corrected chi connectivity index (χ2v) is 5.93. The van der Waals surface area contributed by atoms with Crippen LogP contribution in [0.4, 0.5) is 0 Å². The molecule has 0 amide bonds. The van der Waals surface area contributed by atoms with Crippen molar-refractivity contribution >= 4 is 17.8 Å². The van der Waals surface area contributed by atoms with Gasteiger partial charge in [-0.15, -0.1) is 0 Å². The Labute approximate surface area is 153 Å². The number of rotatable bonds is 6. The fourth-order valence-corrected chi connectivity index (χ4v) is 2.59. The van der Waals surface area contributed by atoms with E-state index in [-0.39, 0.29) is 11.1 Å².